The third-order valence-electron chi connectivity index (χ3n) is 9.74. The van der Waals surface area contributed by atoms with Crippen LogP contribution in [-0.4, -0.2) is 24.9 Å². The van der Waals surface area contributed by atoms with E-state index >= 15 is 0 Å². The molecular formula is C47H41N7. The van der Waals surface area contributed by atoms with E-state index in [0.29, 0.717) is 23.4 Å². The highest BCUT2D eigenvalue weighted by Crippen LogP contribution is 2.44. The molecule has 0 saturated heterocycles. The molecule has 0 aliphatic carbocycles. The van der Waals surface area contributed by atoms with Crippen molar-refractivity contribution < 1.29 is 0 Å². The second-order valence-corrected chi connectivity index (χ2v) is 14.0. The number of anilines is 6. The zero-order valence-electron chi connectivity index (χ0n) is 31.4. The molecule has 0 aliphatic heterocycles. The molecule has 7 heteroatoms. The van der Waals surface area contributed by atoms with Crippen molar-refractivity contribution in [2.45, 2.75) is 41.5 Å². The van der Waals surface area contributed by atoms with Gasteiger partial charge in [-0.05, 0) is 111 Å². The summed E-state index contributed by atoms with van der Waals surface area (Å²) in [5.41, 5.74) is 13.4. The van der Waals surface area contributed by atoms with Crippen molar-refractivity contribution in [1.82, 2.24) is 24.9 Å². The first-order chi connectivity index (χ1) is 26.2. The second-order valence-electron chi connectivity index (χ2n) is 14.0. The molecule has 0 unspecified atom stereocenters. The van der Waals surface area contributed by atoms with Gasteiger partial charge in [0.05, 0.1) is 17.1 Å². The Bertz CT molecular complexity index is 2520. The minimum Gasteiger partial charge on any atom is -0.309 e. The van der Waals surface area contributed by atoms with Gasteiger partial charge in [-0.2, -0.15) is 9.97 Å². The number of nitrogens with zero attached hydrogens (tertiary/aromatic N) is 7. The van der Waals surface area contributed by atoms with E-state index in [-0.39, 0.29) is 0 Å². The smallest absolute Gasteiger partial charge is 0.239 e. The van der Waals surface area contributed by atoms with Crippen LogP contribution in [0.25, 0.3) is 33.5 Å². The van der Waals surface area contributed by atoms with Gasteiger partial charge in [0.25, 0.3) is 0 Å². The van der Waals surface area contributed by atoms with Gasteiger partial charge in [0.1, 0.15) is 12.1 Å². The van der Waals surface area contributed by atoms with Crippen LogP contribution < -0.4 is 9.80 Å². The Morgan fingerprint density at radius 3 is 1.56 bits per heavy atom. The molecule has 2 aromatic heterocycles. The van der Waals surface area contributed by atoms with Gasteiger partial charge in [0.2, 0.25) is 5.95 Å². The highest BCUT2D eigenvalue weighted by molar-refractivity contribution is 5.87. The largest absolute Gasteiger partial charge is 0.309 e. The summed E-state index contributed by atoms with van der Waals surface area (Å²) in [5, 5.41) is 2.27. The minimum atomic E-state index is 0.450. The molecule has 0 bridgehead atoms. The van der Waals surface area contributed by atoms with Crippen LogP contribution >= 0.6 is 0 Å². The maximum Gasteiger partial charge on any atom is 0.239 e. The van der Waals surface area contributed by atoms with Gasteiger partial charge in [-0.3, -0.25) is 4.90 Å². The average molecular weight is 704 g/mol. The summed E-state index contributed by atoms with van der Waals surface area (Å²) < 4.78 is 0. The monoisotopic (exact) mass is 703 g/mol. The lowest BCUT2D eigenvalue weighted by atomic mass is 9.99. The quantitative estimate of drug-likeness (QED) is 0.156. The fourth-order valence-corrected chi connectivity index (χ4v) is 7.58. The molecule has 7 nitrogen and oxygen atoms in total. The number of hydrogen-bond donors (Lipinski definition) is 0. The Balaban J connectivity index is 1.30. The average Bonchev–Trinajstić information content (AvgIpc) is 3.17. The van der Waals surface area contributed by atoms with Gasteiger partial charge < -0.3 is 4.90 Å². The van der Waals surface area contributed by atoms with E-state index in [1.165, 1.54) is 44.8 Å². The van der Waals surface area contributed by atoms with E-state index in [4.69, 9.17) is 19.9 Å². The van der Waals surface area contributed by atoms with Gasteiger partial charge >= 0.3 is 0 Å². The molecule has 8 aromatic rings. The summed E-state index contributed by atoms with van der Waals surface area (Å²) in [4.78, 5) is 28.5. The Kier molecular flexibility index (Phi) is 9.14. The predicted molar refractivity (Wildman–Crippen MR) is 222 cm³/mol. The zero-order chi connectivity index (χ0) is 37.3. The van der Waals surface area contributed by atoms with Crippen LogP contribution in [0.15, 0.2) is 140 Å². The lowest BCUT2D eigenvalue weighted by Gasteiger charge is -2.32. The molecule has 0 N–H and O–H groups in total. The molecule has 264 valence electrons. The molecule has 8 rings (SSSR count). The molecule has 0 fully saturated rings. The molecule has 0 aliphatic rings. The van der Waals surface area contributed by atoms with E-state index in [9.17, 15) is 0 Å². The summed E-state index contributed by atoms with van der Waals surface area (Å²) >= 11 is 0. The minimum absolute atomic E-state index is 0.450. The lowest BCUT2D eigenvalue weighted by molar-refractivity contribution is 0.999. The molecule has 0 radical (unpaired) electrons. The van der Waals surface area contributed by atoms with E-state index in [1.807, 2.05) is 53.4 Å². The molecule has 6 aromatic carbocycles. The summed E-state index contributed by atoms with van der Waals surface area (Å²) in [6.45, 7) is 13.1. The van der Waals surface area contributed by atoms with Crippen LogP contribution in [0.5, 0.6) is 0 Å². The number of aromatic nitrogens is 5. The number of hydrogen-bond acceptors (Lipinski definition) is 7. The van der Waals surface area contributed by atoms with Gasteiger partial charge in [-0.15, -0.1) is 0 Å². The Hall–Kier alpha value is -6.73. The van der Waals surface area contributed by atoms with Crippen molar-refractivity contribution in [2.75, 3.05) is 9.80 Å². The highest BCUT2D eigenvalue weighted by atomic mass is 15.3. The van der Waals surface area contributed by atoms with E-state index in [0.717, 1.165) is 33.3 Å². The highest BCUT2D eigenvalue weighted by Gasteiger charge is 2.24. The summed E-state index contributed by atoms with van der Waals surface area (Å²) in [7, 11) is 0. The first kappa shape index (κ1) is 34.4. The van der Waals surface area contributed by atoms with Gasteiger partial charge in [-0.25, -0.2) is 15.0 Å². The summed E-state index contributed by atoms with van der Waals surface area (Å²) in [6.07, 6.45) is 3.29. The maximum atomic E-state index is 5.14. The van der Waals surface area contributed by atoms with Crippen LogP contribution in [-0.2, 0) is 0 Å². The van der Waals surface area contributed by atoms with Crippen molar-refractivity contribution in [3.8, 4) is 22.8 Å². The standard InChI is InChI=1S/C47H41N7/c1-30-24-32(3)43(33(4)25-30)54(44-34(5)26-31(2)27-35(44)6)41-20-18-40(19-21-41)53(42-22-23-48-29-49-42)47-51-45(37-13-8-7-9-14-37)50-46(52-47)39-17-16-36-12-10-11-15-38(36)28-39/h7-29H,1-6H3. The van der Waals surface area contributed by atoms with Crippen molar-refractivity contribution in [3.05, 3.63) is 173 Å². The predicted octanol–water partition coefficient (Wildman–Crippen LogP) is 11.9. The number of benzene rings is 6. The third kappa shape index (κ3) is 6.68. The topological polar surface area (TPSA) is 70.9 Å². The van der Waals surface area contributed by atoms with Crippen molar-refractivity contribution in [3.63, 3.8) is 0 Å². The van der Waals surface area contributed by atoms with Gasteiger partial charge in [0, 0.05) is 23.0 Å². The second kappa shape index (κ2) is 14.4. The fraction of sp³-hybridized carbons (Fsp3) is 0.128. The van der Waals surface area contributed by atoms with Crippen molar-refractivity contribution in [2.24, 2.45) is 0 Å². The molecule has 0 saturated carbocycles. The van der Waals surface area contributed by atoms with Gasteiger partial charge in [-0.1, -0.05) is 102 Å². The zero-order valence-corrected chi connectivity index (χ0v) is 31.4. The molecule has 0 amide bonds. The Labute approximate surface area is 316 Å². The summed E-state index contributed by atoms with van der Waals surface area (Å²) in [6, 6.07) is 44.1. The Morgan fingerprint density at radius 2 is 0.981 bits per heavy atom. The third-order valence-corrected chi connectivity index (χ3v) is 9.74. The fourth-order valence-electron chi connectivity index (χ4n) is 7.58. The normalized spacial score (nSPS) is 11.1. The van der Waals surface area contributed by atoms with E-state index in [2.05, 4.69) is 130 Å². The van der Waals surface area contributed by atoms with Crippen LogP contribution in [0, 0.1) is 41.5 Å². The summed E-state index contributed by atoms with van der Waals surface area (Å²) in [5.74, 6) is 2.23. The van der Waals surface area contributed by atoms with Crippen molar-refractivity contribution >= 4 is 45.3 Å². The van der Waals surface area contributed by atoms with Crippen LogP contribution in [0.2, 0.25) is 0 Å². The first-order valence-corrected chi connectivity index (χ1v) is 18.2. The number of rotatable bonds is 8. The molecular weight excluding hydrogens is 663 g/mol. The maximum absolute atomic E-state index is 5.14. The van der Waals surface area contributed by atoms with Crippen LogP contribution in [0.1, 0.15) is 33.4 Å². The SMILES string of the molecule is Cc1cc(C)c(N(c2ccc(N(c3ccncn3)c3nc(-c4ccccc4)nc(-c4ccc5ccccc5c4)n3)cc2)c2c(C)cc(C)cc2C)c(C)c1. The molecule has 0 atom stereocenters. The Morgan fingerprint density at radius 1 is 0.444 bits per heavy atom. The van der Waals surface area contributed by atoms with Gasteiger partial charge in [0.15, 0.2) is 11.6 Å². The number of aryl methyl sites for hydroxylation is 6. The number of fused-ring (bicyclic) bond motifs is 1. The molecule has 54 heavy (non-hydrogen) atoms. The molecule has 2 heterocycles. The van der Waals surface area contributed by atoms with Crippen molar-refractivity contribution in [1.29, 1.82) is 0 Å². The van der Waals surface area contributed by atoms with Crippen LogP contribution in [0.4, 0.5) is 34.5 Å². The van der Waals surface area contributed by atoms with E-state index < -0.39 is 0 Å². The van der Waals surface area contributed by atoms with E-state index in [1.54, 1.807) is 12.5 Å². The lowest BCUT2D eigenvalue weighted by Crippen LogP contribution is -2.18. The van der Waals surface area contributed by atoms with Crippen LogP contribution in [0.3, 0.4) is 0 Å². The first-order valence-electron chi connectivity index (χ1n) is 18.2. The molecule has 0 spiro atoms.